The molecule has 0 aromatic heterocycles. The van der Waals surface area contributed by atoms with Crippen molar-refractivity contribution in [1.82, 2.24) is 5.32 Å². The third-order valence-electron chi connectivity index (χ3n) is 3.63. The van der Waals surface area contributed by atoms with E-state index in [4.69, 9.17) is 16.3 Å². The van der Waals surface area contributed by atoms with Crippen molar-refractivity contribution in [3.8, 4) is 5.75 Å². The average Bonchev–Trinajstić information content (AvgIpc) is 2.45. The van der Waals surface area contributed by atoms with E-state index in [1.165, 1.54) is 11.1 Å². The molecule has 0 fully saturated rings. The summed E-state index contributed by atoms with van der Waals surface area (Å²) < 4.78 is 5.34. The predicted molar refractivity (Wildman–Crippen MR) is 89.4 cm³/mol. The van der Waals surface area contributed by atoms with Crippen LogP contribution in [0.1, 0.15) is 35.2 Å². The molecule has 0 aliphatic carbocycles. The summed E-state index contributed by atoms with van der Waals surface area (Å²) in [6.45, 7) is 7.09. The van der Waals surface area contributed by atoms with Gasteiger partial charge in [-0.2, -0.15) is 0 Å². The molecule has 21 heavy (non-hydrogen) atoms. The van der Waals surface area contributed by atoms with Crippen LogP contribution in [0, 0.1) is 13.8 Å². The highest BCUT2D eigenvalue weighted by molar-refractivity contribution is 6.31. The minimum Gasteiger partial charge on any atom is -0.496 e. The Bertz CT molecular complexity index is 625. The van der Waals surface area contributed by atoms with E-state index in [-0.39, 0.29) is 6.04 Å². The molecule has 0 amide bonds. The van der Waals surface area contributed by atoms with Crippen molar-refractivity contribution in [3.05, 3.63) is 63.7 Å². The SMILES string of the molecule is CCNC(c1ccc(OC)c(C)c1)c1ccc(C)cc1Cl. The number of nitrogens with one attached hydrogen (secondary N) is 1. The second-order valence-electron chi connectivity index (χ2n) is 5.24. The molecule has 1 unspecified atom stereocenters. The van der Waals surface area contributed by atoms with E-state index >= 15 is 0 Å². The molecule has 3 heteroatoms. The molecule has 0 spiro atoms. The van der Waals surface area contributed by atoms with E-state index in [0.29, 0.717) is 0 Å². The maximum atomic E-state index is 6.44. The van der Waals surface area contributed by atoms with Crippen LogP contribution in [-0.2, 0) is 0 Å². The third-order valence-corrected chi connectivity index (χ3v) is 3.95. The summed E-state index contributed by atoms with van der Waals surface area (Å²) in [6, 6.07) is 12.6. The lowest BCUT2D eigenvalue weighted by Crippen LogP contribution is -2.22. The van der Waals surface area contributed by atoms with Gasteiger partial charge < -0.3 is 10.1 Å². The molecule has 0 bridgehead atoms. The molecule has 1 atom stereocenters. The highest BCUT2D eigenvalue weighted by Gasteiger charge is 2.17. The number of rotatable bonds is 5. The van der Waals surface area contributed by atoms with Crippen molar-refractivity contribution in [1.29, 1.82) is 0 Å². The number of ether oxygens (including phenoxy) is 1. The molecular formula is C18H22ClNO. The third kappa shape index (κ3) is 3.58. The summed E-state index contributed by atoms with van der Waals surface area (Å²) >= 11 is 6.44. The van der Waals surface area contributed by atoms with Gasteiger partial charge in [0.05, 0.1) is 13.2 Å². The van der Waals surface area contributed by atoms with Crippen LogP contribution in [0.2, 0.25) is 5.02 Å². The van der Waals surface area contributed by atoms with Gasteiger partial charge in [-0.05, 0) is 54.8 Å². The highest BCUT2D eigenvalue weighted by Crippen LogP contribution is 2.31. The monoisotopic (exact) mass is 303 g/mol. The Labute approximate surface area is 132 Å². The quantitative estimate of drug-likeness (QED) is 0.867. The van der Waals surface area contributed by atoms with Gasteiger partial charge in [-0.25, -0.2) is 0 Å². The summed E-state index contributed by atoms with van der Waals surface area (Å²) in [6.07, 6.45) is 0. The lowest BCUT2D eigenvalue weighted by molar-refractivity contribution is 0.411. The second kappa shape index (κ2) is 6.97. The fourth-order valence-corrected chi connectivity index (χ4v) is 2.90. The molecule has 2 nitrogen and oxygen atoms in total. The van der Waals surface area contributed by atoms with Crippen LogP contribution in [0.3, 0.4) is 0 Å². The topological polar surface area (TPSA) is 21.3 Å². The molecule has 0 aliphatic rings. The van der Waals surface area contributed by atoms with Crippen molar-refractivity contribution >= 4 is 11.6 Å². The molecule has 0 saturated heterocycles. The molecule has 0 radical (unpaired) electrons. The molecule has 0 heterocycles. The maximum absolute atomic E-state index is 6.44. The molecule has 2 aromatic carbocycles. The molecule has 0 saturated carbocycles. The van der Waals surface area contributed by atoms with Crippen molar-refractivity contribution in [2.45, 2.75) is 26.8 Å². The number of methoxy groups -OCH3 is 1. The number of aryl methyl sites for hydroxylation is 2. The molecule has 2 rings (SSSR count). The first-order valence-corrected chi connectivity index (χ1v) is 7.58. The average molecular weight is 304 g/mol. The van der Waals surface area contributed by atoms with E-state index in [1.807, 2.05) is 12.1 Å². The molecule has 1 N–H and O–H groups in total. The summed E-state index contributed by atoms with van der Waals surface area (Å²) in [5.74, 6) is 0.906. The standard InChI is InChI=1S/C18H22ClNO/c1-5-20-18(15-8-6-12(2)10-16(15)19)14-7-9-17(21-4)13(3)11-14/h6-11,18,20H,5H2,1-4H3. The van der Waals surface area contributed by atoms with E-state index in [1.54, 1.807) is 7.11 Å². The predicted octanol–water partition coefficient (Wildman–Crippen LogP) is 4.66. The minimum atomic E-state index is 0.0905. The van der Waals surface area contributed by atoms with Gasteiger partial charge in [0, 0.05) is 5.02 Å². The molecule has 112 valence electrons. The second-order valence-corrected chi connectivity index (χ2v) is 5.65. The van der Waals surface area contributed by atoms with E-state index < -0.39 is 0 Å². The Kier molecular flexibility index (Phi) is 5.27. The number of halogens is 1. The molecular weight excluding hydrogens is 282 g/mol. The van der Waals surface area contributed by atoms with Crippen molar-refractivity contribution in [2.75, 3.05) is 13.7 Å². The maximum Gasteiger partial charge on any atom is 0.121 e. The van der Waals surface area contributed by atoms with Gasteiger partial charge in [0.1, 0.15) is 5.75 Å². The van der Waals surface area contributed by atoms with E-state index in [0.717, 1.165) is 28.4 Å². The zero-order valence-corrected chi connectivity index (χ0v) is 13.8. The van der Waals surface area contributed by atoms with Gasteiger partial charge in [0.25, 0.3) is 0 Å². The first-order chi connectivity index (χ1) is 10.1. The minimum absolute atomic E-state index is 0.0905. The van der Waals surface area contributed by atoms with Crippen molar-refractivity contribution in [2.24, 2.45) is 0 Å². The van der Waals surface area contributed by atoms with Crippen LogP contribution < -0.4 is 10.1 Å². The van der Waals surface area contributed by atoms with E-state index in [2.05, 4.69) is 50.4 Å². The van der Waals surface area contributed by atoms with Crippen molar-refractivity contribution in [3.63, 3.8) is 0 Å². The number of benzene rings is 2. The fraction of sp³-hybridized carbons (Fsp3) is 0.333. The van der Waals surface area contributed by atoms with Crippen LogP contribution in [0.25, 0.3) is 0 Å². The summed E-state index contributed by atoms with van der Waals surface area (Å²) in [5, 5.41) is 4.32. The first kappa shape index (κ1) is 15.9. The molecule has 2 aromatic rings. The van der Waals surface area contributed by atoms with Crippen LogP contribution in [0.15, 0.2) is 36.4 Å². The summed E-state index contributed by atoms with van der Waals surface area (Å²) in [7, 11) is 1.70. The number of hydrogen-bond donors (Lipinski definition) is 1. The van der Waals surface area contributed by atoms with Crippen LogP contribution in [-0.4, -0.2) is 13.7 Å². The first-order valence-electron chi connectivity index (χ1n) is 7.20. The zero-order valence-electron chi connectivity index (χ0n) is 13.0. The van der Waals surface area contributed by atoms with Gasteiger partial charge in [0.2, 0.25) is 0 Å². The zero-order chi connectivity index (χ0) is 15.4. The Morgan fingerprint density at radius 2 is 1.90 bits per heavy atom. The lowest BCUT2D eigenvalue weighted by Gasteiger charge is -2.21. The fourth-order valence-electron chi connectivity index (χ4n) is 2.56. The number of hydrogen-bond acceptors (Lipinski definition) is 2. The van der Waals surface area contributed by atoms with Gasteiger partial charge >= 0.3 is 0 Å². The van der Waals surface area contributed by atoms with Crippen LogP contribution >= 0.6 is 11.6 Å². The van der Waals surface area contributed by atoms with Gasteiger partial charge in [-0.1, -0.05) is 42.8 Å². The summed E-state index contributed by atoms with van der Waals surface area (Å²) in [4.78, 5) is 0. The molecule has 0 aliphatic heterocycles. The smallest absolute Gasteiger partial charge is 0.121 e. The van der Waals surface area contributed by atoms with Gasteiger partial charge in [0.15, 0.2) is 0 Å². The van der Waals surface area contributed by atoms with Crippen LogP contribution in [0.4, 0.5) is 0 Å². The Morgan fingerprint density at radius 1 is 1.14 bits per heavy atom. The normalized spacial score (nSPS) is 12.2. The summed E-state index contributed by atoms with van der Waals surface area (Å²) in [5.41, 5.74) is 4.60. The Hall–Kier alpha value is -1.51. The lowest BCUT2D eigenvalue weighted by atomic mass is 9.96. The van der Waals surface area contributed by atoms with Crippen LogP contribution in [0.5, 0.6) is 5.75 Å². The van der Waals surface area contributed by atoms with Gasteiger partial charge in [-0.15, -0.1) is 0 Å². The Balaban J connectivity index is 2.45. The Morgan fingerprint density at radius 3 is 2.48 bits per heavy atom. The van der Waals surface area contributed by atoms with Crippen molar-refractivity contribution < 1.29 is 4.74 Å². The van der Waals surface area contributed by atoms with Gasteiger partial charge in [-0.3, -0.25) is 0 Å². The largest absolute Gasteiger partial charge is 0.496 e. The highest BCUT2D eigenvalue weighted by atomic mass is 35.5. The van der Waals surface area contributed by atoms with E-state index in [9.17, 15) is 0 Å².